The largest absolute Gasteiger partial charge is 0.385 e. The molecule has 0 heterocycles. The Morgan fingerprint density at radius 1 is 1.12 bits per heavy atom. The second-order valence-electron chi connectivity index (χ2n) is 8.36. The zero-order valence-electron chi connectivity index (χ0n) is 16.2. The van der Waals surface area contributed by atoms with E-state index in [1.54, 1.807) is 0 Å². The molecule has 0 aliphatic heterocycles. The summed E-state index contributed by atoms with van der Waals surface area (Å²) >= 11 is 0. The van der Waals surface area contributed by atoms with E-state index in [0.717, 1.165) is 56.4 Å². The average Bonchev–Trinajstić information content (AvgIpc) is 3.52. The highest BCUT2D eigenvalue weighted by atomic mass is 127. The fourth-order valence-corrected chi connectivity index (χ4v) is 4.50. The summed E-state index contributed by atoms with van der Waals surface area (Å²) in [5.74, 6) is 3.92. The molecule has 0 atom stereocenters. The molecule has 25 heavy (non-hydrogen) atoms. The zero-order chi connectivity index (χ0) is 16.8. The first-order chi connectivity index (χ1) is 11.8. The Kier molecular flexibility index (Phi) is 8.79. The van der Waals surface area contributed by atoms with Gasteiger partial charge in [-0.2, -0.15) is 0 Å². The molecule has 146 valence electrons. The summed E-state index contributed by atoms with van der Waals surface area (Å²) in [7, 11) is 1.81. The lowest BCUT2D eigenvalue weighted by molar-refractivity contribution is 0.141. The molecule has 3 aliphatic carbocycles. The third kappa shape index (κ3) is 6.56. The van der Waals surface area contributed by atoms with Crippen molar-refractivity contribution in [3.8, 4) is 0 Å². The molecule has 0 radical (unpaired) electrons. The first-order valence-electron chi connectivity index (χ1n) is 10.3. The monoisotopic (exact) mass is 463 g/mol. The maximum absolute atomic E-state index is 5.35. The molecule has 0 saturated heterocycles. The average molecular weight is 463 g/mol. The van der Waals surface area contributed by atoms with Crippen LogP contribution in [0.2, 0.25) is 0 Å². The van der Waals surface area contributed by atoms with E-state index in [4.69, 9.17) is 9.73 Å². The Morgan fingerprint density at radius 3 is 2.28 bits per heavy atom. The number of methoxy groups -OCH3 is 1. The van der Waals surface area contributed by atoms with Gasteiger partial charge < -0.3 is 15.4 Å². The van der Waals surface area contributed by atoms with Gasteiger partial charge in [-0.25, -0.2) is 0 Å². The summed E-state index contributed by atoms with van der Waals surface area (Å²) < 4.78 is 5.35. The van der Waals surface area contributed by atoms with Crippen molar-refractivity contribution < 1.29 is 4.74 Å². The SMILES string of the molecule is CCNC(=NCC1(CCOC)CCCC1)NCC(C1CC1)C1CC1.I. The van der Waals surface area contributed by atoms with Gasteiger partial charge in [0.05, 0.1) is 0 Å². The molecule has 0 unspecified atom stereocenters. The number of aliphatic imine (C=N–C) groups is 1. The van der Waals surface area contributed by atoms with E-state index >= 15 is 0 Å². The van der Waals surface area contributed by atoms with Gasteiger partial charge in [0.15, 0.2) is 5.96 Å². The summed E-state index contributed by atoms with van der Waals surface area (Å²) in [5.41, 5.74) is 0.380. The van der Waals surface area contributed by atoms with Gasteiger partial charge in [0.1, 0.15) is 0 Å². The minimum atomic E-state index is 0. The molecular weight excluding hydrogens is 425 g/mol. The number of nitrogens with zero attached hydrogens (tertiary/aromatic N) is 1. The molecule has 3 fully saturated rings. The normalized spacial score (nSPS) is 22.8. The van der Waals surface area contributed by atoms with Crippen LogP contribution in [0.25, 0.3) is 0 Å². The Bertz CT molecular complexity index is 403. The molecule has 3 saturated carbocycles. The van der Waals surface area contributed by atoms with Crippen molar-refractivity contribution in [3.63, 3.8) is 0 Å². The number of nitrogens with one attached hydrogen (secondary N) is 2. The van der Waals surface area contributed by atoms with E-state index in [0.29, 0.717) is 5.41 Å². The standard InChI is InChI=1S/C20H37N3O.HI/c1-3-21-19(22-14-18(16-6-7-16)17-8-9-17)23-15-20(12-13-24-2)10-4-5-11-20;/h16-18H,3-15H2,1-2H3,(H2,21,22,23);1H. The van der Waals surface area contributed by atoms with Crippen LogP contribution in [0.15, 0.2) is 4.99 Å². The van der Waals surface area contributed by atoms with E-state index < -0.39 is 0 Å². The number of guanidine groups is 1. The van der Waals surface area contributed by atoms with Gasteiger partial charge in [-0.1, -0.05) is 12.8 Å². The summed E-state index contributed by atoms with van der Waals surface area (Å²) in [6, 6.07) is 0. The maximum atomic E-state index is 5.35. The van der Waals surface area contributed by atoms with Crippen LogP contribution < -0.4 is 10.6 Å². The summed E-state index contributed by atoms with van der Waals surface area (Å²) in [4.78, 5) is 4.99. The zero-order valence-corrected chi connectivity index (χ0v) is 18.5. The number of hydrogen-bond acceptors (Lipinski definition) is 2. The van der Waals surface area contributed by atoms with Crippen LogP contribution in [0.4, 0.5) is 0 Å². The van der Waals surface area contributed by atoms with Crippen molar-refractivity contribution in [3.05, 3.63) is 0 Å². The van der Waals surface area contributed by atoms with E-state index in [9.17, 15) is 0 Å². The molecule has 3 aliphatic rings. The maximum Gasteiger partial charge on any atom is 0.191 e. The van der Waals surface area contributed by atoms with Crippen LogP contribution in [0.1, 0.15) is 64.7 Å². The molecule has 2 N–H and O–H groups in total. The van der Waals surface area contributed by atoms with Crippen LogP contribution >= 0.6 is 24.0 Å². The second kappa shape index (κ2) is 10.3. The molecule has 4 nitrogen and oxygen atoms in total. The van der Waals surface area contributed by atoms with E-state index in [1.807, 2.05) is 7.11 Å². The van der Waals surface area contributed by atoms with Gasteiger partial charge in [-0.05, 0) is 75.0 Å². The smallest absolute Gasteiger partial charge is 0.191 e. The predicted molar refractivity (Wildman–Crippen MR) is 116 cm³/mol. The summed E-state index contributed by atoms with van der Waals surface area (Å²) in [6.07, 6.45) is 12.3. The molecule has 3 rings (SSSR count). The highest BCUT2D eigenvalue weighted by Crippen LogP contribution is 2.48. The minimum Gasteiger partial charge on any atom is -0.385 e. The Labute approximate surface area is 171 Å². The molecule has 0 spiro atoms. The number of rotatable bonds is 10. The van der Waals surface area contributed by atoms with Gasteiger partial charge >= 0.3 is 0 Å². The van der Waals surface area contributed by atoms with Gasteiger partial charge in [0.2, 0.25) is 0 Å². The first-order valence-corrected chi connectivity index (χ1v) is 10.3. The van der Waals surface area contributed by atoms with Crippen molar-refractivity contribution in [1.29, 1.82) is 0 Å². The molecule has 0 aromatic carbocycles. The molecule has 0 amide bonds. The van der Waals surface area contributed by atoms with Crippen LogP contribution in [0, 0.1) is 23.2 Å². The molecule has 0 aromatic heterocycles. The summed E-state index contributed by atoms with van der Waals surface area (Å²) in [6.45, 7) is 6.03. The summed E-state index contributed by atoms with van der Waals surface area (Å²) in [5, 5.41) is 7.13. The van der Waals surface area contributed by atoms with Gasteiger partial charge in [-0.3, -0.25) is 4.99 Å². The quantitative estimate of drug-likeness (QED) is 0.290. The van der Waals surface area contributed by atoms with Gasteiger partial charge in [0.25, 0.3) is 0 Å². The highest BCUT2D eigenvalue weighted by molar-refractivity contribution is 14.0. The van der Waals surface area contributed by atoms with Crippen molar-refractivity contribution in [2.24, 2.45) is 28.2 Å². The lowest BCUT2D eigenvalue weighted by Crippen LogP contribution is -2.41. The molecule has 5 heteroatoms. The first kappa shape index (κ1) is 21.3. The van der Waals surface area contributed by atoms with Crippen molar-refractivity contribution in [1.82, 2.24) is 10.6 Å². The van der Waals surface area contributed by atoms with Crippen LogP contribution in [0.5, 0.6) is 0 Å². The Balaban J connectivity index is 0.00000225. The number of halogens is 1. The lowest BCUT2D eigenvalue weighted by Gasteiger charge is -2.27. The number of hydrogen-bond donors (Lipinski definition) is 2. The van der Waals surface area contributed by atoms with Crippen molar-refractivity contribution in [2.45, 2.75) is 64.7 Å². The van der Waals surface area contributed by atoms with E-state index in [-0.39, 0.29) is 24.0 Å². The molecule has 0 aromatic rings. The van der Waals surface area contributed by atoms with E-state index in [1.165, 1.54) is 51.4 Å². The third-order valence-corrected chi connectivity index (χ3v) is 6.38. The van der Waals surface area contributed by atoms with Gasteiger partial charge in [0, 0.05) is 33.4 Å². The predicted octanol–water partition coefficient (Wildman–Crippen LogP) is 4.19. The van der Waals surface area contributed by atoms with Crippen LogP contribution in [-0.4, -0.2) is 39.3 Å². The second-order valence-corrected chi connectivity index (χ2v) is 8.36. The van der Waals surface area contributed by atoms with Crippen molar-refractivity contribution >= 4 is 29.9 Å². The number of ether oxygens (including phenoxy) is 1. The Hall–Kier alpha value is -0.0400. The lowest BCUT2D eigenvalue weighted by atomic mass is 9.83. The van der Waals surface area contributed by atoms with Crippen LogP contribution in [-0.2, 0) is 4.74 Å². The highest BCUT2D eigenvalue weighted by Gasteiger charge is 2.41. The third-order valence-electron chi connectivity index (χ3n) is 6.38. The molecule has 0 bridgehead atoms. The fourth-order valence-electron chi connectivity index (χ4n) is 4.50. The van der Waals surface area contributed by atoms with Crippen LogP contribution in [0.3, 0.4) is 0 Å². The topological polar surface area (TPSA) is 45.7 Å². The minimum absolute atomic E-state index is 0. The van der Waals surface area contributed by atoms with Crippen molar-refractivity contribution in [2.75, 3.05) is 33.4 Å². The Morgan fingerprint density at radius 2 is 1.76 bits per heavy atom. The van der Waals surface area contributed by atoms with E-state index in [2.05, 4.69) is 17.6 Å². The van der Waals surface area contributed by atoms with Gasteiger partial charge in [-0.15, -0.1) is 24.0 Å². The fraction of sp³-hybridized carbons (Fsp3) is 0.950. The molecular formula is C20H38IN3O.